The molecule has 0 atom stereocenters. The summed E-state index contributed by atoms with van der Waals surface area (Å²) < 4.78 is 2.43. The molecule has 9 aromatic carbocycles. The Hall–Kier alpha value is -7.43. The fraction of sp³-hybridized carbons (Fsp3) is 0. The molecule has 4 heteroatoms. The van der Waals surface area contributed by atoms with E-state index in [4.69, 9.17) is 15.0 Å². The summed E-state index contributed by atoms with van der Waals surface area (Å²) in [5.74, 6) is 1.96. The Morgan fingerprint density at radius 2 is 0.782 bits per heavy atom. The van der Waals surface area contributed by atoms with Gasteiger partial charge in [0.25, 0.3) is 0 Å². The Kier molecular flexibility index (Phi) is 7.14. The zero-order valence-electron chi connectivity index (χ0n) is 29.8. The summed E-state index contributed by atoms with van der Waals surface area (Å²) >= 11 is 0. The Morgan fingerprint density at radius 1 is 0.291 bits per heavy atom. The second kappa shape index (κ2) is 12.6. The normalized spacial score (nSPS) is 11.6. The fourth-order valence-electron chi connectivity index (χ4n) is 8.12. The van der Waals surface area contributed by atoms with Gasteiger partial charge in [-0.05, 0) is 73.8 Å². The van der Waals surface area contributed by atoms with Crippen LogP contribution in [0, 0.1) is 0 Å². The lowest BCUT2D eigenvalue weighted by Crippen LogP contribution is -2.00. The largest absolute Gasteiger partial charge is 0.309 e. The van der Waals surface area contributed by atoms with E-state index in [0.717, 1.165) is 33.5 Å². The maximum Gasteiger partial charge on any atom is 0.164 e. The molecular formula is C51H32N4. The van der Waals surface area contributed by atoms with Gasteiger partial charge in [0.2, 0.25) is 0 Å². The summed E-state index contributed by atoms with van der Waals surface area (Å²) in [4.78, 5) is 14.7. The molecule has 0 saturated heterocycles. The lowest BCUT2D eigenvalue weighted by molar-refractivity contribution is 1.07. The summed E-state index contributed by atoms with van der Waals surface area (Å²) in [6, 6.07) is 68.9. The number of hydrogen-bond acceptors (Lipinski definition) is 3. The van der Waals surface area contributed by atoms with E-state index in [-0.39, 0.29) is 0 Å². The SMILES string of the molecule is c1ccc(-c2nc(-c3ccccc3)nc(-c3ccc(-c4ccc5ccc6c(c5c4)c4ccccc4n6-c4ccc5ccc6ccccc6c5c4)cc3)n2)cc1. The van der Waals surface area contributed by atoms with Crippen LogP contribution in [0.4, 0.5) is 0 Å². The molecule has 2 heterocycles. The number of fused-ring (bicyclic) bond motifs is 8. The van der Waals surface area contributed by atoms with Crippen LogP contribution in [-0.2, 0) is 0 Å². The Labute approximate surface area is 317 Å². The molecule has 0 fully saturated rings. The van der Waals surface area contributed by atoms with Crippen LogP contribution < -0.4 is 0 Å². The first-order valence-corrected chi connectivity index (χ1v) is 18.6. The zero-order valence-corrected chi connectivity index (χ0v) is 29.8. The first-order chi connectivity index (χ1) is 27.2. The number of benzene rings is 9. The van der Waals surface area contributed by atoms with Gasteiger partial charge in [0.15, 0.2) is 17.5 Å². The third-order valence-corrected chi connectivity index (χ3v) is 10.8. The topological polar surface area (TPSA) is 43.6 Å². The summed E-state index contributed by atoms with van der Waals surface area (Å²) in [5, 5.41) is 9.98. The maximum absolute atomic E-state index is 4.94. The molecular weight excluding hydrogens is 669 g/mol. The highest BCUT2D eigenvalue weighted by atomic mass is 15.0. The summed E-state index contributed by atoms with van der Waals surface area (Å²) in [7, 11) is 0. The van der Waals surface area contributed by atoms with Crippen molar-refractivity contribution in [2.75, 3.05) is 0 Å². The van der Waals surface area contributed by atoms with Crippen molar-refractivity contribution in [3.05, 3.63) is 194 Å². The van der Waals surface area contributed by atoms with Crippen molar-refractivity contribution in [1.82, 2.24) is 19.5 Å². The second-order valence-electron chi connectivity index (χ2n) is 14.1. The molecule has 0 aliphatic rings. The van der Waals surface area contributed by atoms with Gasteiger partial charge in [0.1, 0.15) is 0 Å². The van der Waals surface area contributed by atoms with Crippen LogP contribution in [0.1, 0.15) is 0 Å². The van der Waals surface area contributed by atoms with Crippen LogP contribution in [0.5, 0.6) is 0 Å². The number of nitrogens with zero attached hydrogens (tertiary/aromatic N) is 4. The van der Waals surface area contributed by atoms with Gasteiger partial charge in [-0.1, -0.05) is 164 Å². The van der Waals surface area contributed by atoms with Crippen LogP contribution in [-0.4, -0.2) is 19.5 Å². The van der Waals surface area contributed by atoms with Crippen molar-refractivity contribution < 1.29 is 0 Å². The smallest absolute Gasteiger partial charge is 0.164 e. The minimum atomic E-state index is 0.647. The second-order valence-corrected chi connectivity index (χ2v) is 14.1. The van der Waals surface area contributed by atoms with Gasteiger partial charge in [0, 0.05) is 33.2 Å². The van der Waals surface area contributed by atoms with Gasteiger partial charge < -0.3 is 4.57 Å². The zero-order chi connectivity index (χ0) is 36.3. The minimum Gasteiger partial charge on any atom is -0.309 e. The van der Waals surface area contributed by atoms with Crippen LogP contribution in [0.25, 0.3) is 105 Å². The van der Waals surface area contributed by atoms with Crippen LogP contribution in [0.15, 0.2) is 194 Å². The lowest BCUT2D eigenvalue weighted by atomic mass is 9.97. The van der Waals surface area contributed by atoms with Crippen LogP contribution >= 0.6 is 0 Å². The third-order valence-electron chi connectivity index (χ3n) is 10.8. The maximum atomic E-state index is 4.94. The number of rotatable bonds is 5. The Bertz CT molecular complexity index is 3180. The monoisotopic (exact) mass is 700 g/mol. The highest BCUT2D eigenvalue weighted by Crippen LogP contribution is 2.39. The van der Waals surface area contributed by atoms with Gasteiger partial charge in [-0.3, -0.25) is 0 Å². The molecule has 0 radical (unpaired) electrons. The third kappa shape index (κ3) is 5.26. The molecule has 256 valence electrons. The molecule has 0 aliphatic carbocycles. The van der Waals surface area contributed by atoms with Gasteiger partial charge in [0.05, 0.1) is 11.0 Å². The molecule has 0 saturated carbocycles. The van der Waals surface area contributed by atoms with Crippen molar-refractivity contribution in [2.45, 2.75) is 0 Å². The molecule has 0 unspecified atom stereocenters. The highest BCUT2D eigenvalue weighted by Gasteiger charge is 2.17. The highest BCUT2D eigenvalue weighted by molar-refractivity contribution is 6.22. The first kappa shape index (κ1) is 31.1. The lowest BCUT2D eigenvalue weighted by Gasteiger charge is -2.12. The van der Waals surface area contributed by atoms with Crippen LogP contribution in [0.3, 0.4) is 0 Å². The Morgan fingerprint density at radius 3 is 1.49 bits per heavy atom. The first-order valence-electron chi connectivity index (χ1n) is 18.6. The number of hydrogen-bond donors (Lipinski definition) is 0. The van der Waals surface area contributed by atoms with Crippen molar-refractivity contribution in [3.63, 3.8) is 0 Å². The van der Waals surface area contributed by atoms with Crippen molar-refractivity contribution in [1.29, 1.82) is 0 Å². The van der Waals surface area contributed by atoms with Crippen molar-refractivity contribution in [3.8, 4) is 51.0 Å². The van der Waals surface area contributed by atoms with E-state index in [1.54, 1.807) is 0 Å². The molecule has 0 N–H and O–H groups in total. The van der Waals surface area contributed by atoms with E-state index in [1.165, 1.54) is 54.1 Å². The molecule has 0 amide bonds. The summed E-state index contributed by atoms with van der Waals surface area (Å²) in [5.41, 5.74) is 8.69. The van der Waals surface area contributed by atoms with E-state index in [1.807, 2.05) is 60.7 Å². The average Bonchev–Trinajstić information content (AvgIpc) is 3.61. The quantitative estimate of drug-likeness (QED) is 0.168. The minimum absolute atomic E-state index is 0.647. The molecule has 0 spiro atoms. The van der Waals surface area contributed by atoms with Gasteiger partial charge in [-0.2, -0.15) is 0 Å². The van der Waals surface area contributed by atoms with E-state index in [0.29, 0.717) is 17.5 Å². The molecule has 0 bridgehead atoms. The van der Waals surface area contributed by atoms with Crippen molar-refractivity contribution >= 4 is 54.1 Å². The number of aromatic nitrogens is 4. The predicted octanol–water partition coefficient (Wildman–Crippen LogP) is 13.1. The standard InChI is InChI=1S/C51H32N4/c1-3-12-37(13-4-1)49-52-50(38-14-5-2-6-15-38)54-51(53-49)39-24-19-33(20-25-39)40-26-23-36-28-30-47-48(45(36)31-40)43-17-9-10-18-46(43)55(47)41-29-27-35-22-21-34-11-7-8-16-42(34)44(35)32-41/h1-32H. The summed E-state index contributed by atoms with van der Waals surface area (Å²) in [6.45, 7) is 0. The predicted molar refractivity (Wildman–Crippen MR) is 228 cm³/mol. The molecule has 55 heavy (non-hydrogen) atoms. The molecule has 4 nitrogen and oxygen atoms in total. The van der Waals surface area contributed by atoms with E-state index in [2.05, 4.69) is 138 Å². The molecule has 2 aromatic heterocycles. The van der Waals surface area contributed by atoms with Gasteiger partial charge in [-0.15, -0.1) is 0 Å². The molecule has 11 rings (SSSR count). The van der Waals surface area contributed by atoms with E-state index in [9.17, 15) is 0 Å². The molecule has 11 aromatic rings. The van der Waals surface area contributed by atoms with Crippen molar-refractivity contribution in [2.24, 2.45) is 0 Å². The van der Waals surface area contributed by atoms with E-state index >= 15 is 0 Å². The molecule has 0 aliphatic heterocycles. The Balaban J connectivity index is 1.03. The van der Waals surface area contributed by atoms with Crippen LogP contribution in [0.2, 0.25) is 0 Å². The van der Waals surface area contributed by atoms with Gasteiger partial charge >= 0.3 is 0 Å². The van der Waals surface area contributed by atoms with E-state index < -0.39 is 0 Å². The number of para-hydroxylation sites is 1. The fourth-order valence-corrected chi connectivity index (χ4v) is 8.12. The average molecular weight is 701 g/mol. The summed E-state index contributed by atoms with van der Waals surface area (Å²) in [6.07, 6.45) is 0. The van der Waals surface area contributed by atoms with Gasteiger partial charge in [-0.25, -0.2) is 15.0 Å².